The summed E-state index contributed by atoms with van der Waals surface area (Å²) < 4.78 is 0. The molecule has 2 atom stereocenters. The maximum Gasteiger partial charge on any atom is 0.271 e. The van der Waals surface area contributed by atoms with E-state index in [-0.39, 0.29) is 17.5 Å². The largest absolute Gasteiger partial charge is 0.364 e. The van der Waals surface area contributed by atoms with Gasteiger partial charge in [0.1, 0.15) is 5.82 Å². The molecular formula is C31H45N7O2. The average molecular weight is 548 g/mol. The Hall–Kier alpha value is -3.20. The van der Waals surface area contributed by atoms with Crippen LogP contribution in [0.4, 0.5) is 17.3 Å². The summed E-state index contributed by atoms with van der Waals surface area (Å²) >= 11 is 0. The molecule has 5 rings (SSSR count). The van der Waals surface area contributed by atoms with Crippen LogP contribution in [0.5, 0.6) is 0 Å². The van der Waals surface area contributed by atoms with Crippen LogP contribution in [0.1, 0.15) is 80.3 Å². The van der Waals surface area contributed by atoms with Crippen LogP contribution in [0, 0.1) is 11.8 Å². The highest BCUT2D eigenvalue weighted by Gasteiger charge is 2.30. The molecule has 0 radical (unpaired) electrons. The molecule has 0 spiro atoms. The molecule has 2 aliphatic heterocycles. The van der Waals surface area contributed by atoms with Crippen LogP contribution in [-0.2, 0) is 4.79 Å². The van der Waals surface area contributed by atoms with Crippen molar-refractivity contribution >= 4 is 29.1 Å². The number of benzene rings is 1. The predicted octanol–water partition coefficient (Wildman–Crippen LogP) is 4.38. The van der Waals surface area contributed by atoms with Crippen molar-refractivity contribution in [3.63, 3.8) is 0 Å². The van der Waals surface area contributed by atoms with Crippen LogP contribution in [0.3, 0.4) is 0 Å². The van der Waals surface area contributed by atoms with E-state index in [1.807, 2.05) is 0 Å². The number of amides is 2. The topological polar surface area (TPSA) is 108 Å². The molecule has 2 aromatic rings. The number of likely N-dealkylation sites (tertiary alicyclic amines) is 1. The van der Waals surface area contributed by atoms with Crippen LogP contribution < -0.4 is 16.0 Å². The maximum absolute atomic E-state index is 12.4. The Balaban J connectivity index is 1.25. The normalized spacial score (nSPS) is 22.8. The molecular weight excluding hydrogens is 502 g/mol. The van der Waals surface area contributed by atoms with Crippen molar-refractivity contribution < 1.29 is 9.59 Å². The van der Waals surface area contributed by atoms with Gasteiger partial charge < -0.3 is 25.8 Å². The number of hydrogen-bond donors (Lipinski definition) is 2. The van der Waals surface area contributed by atoms with Crippen molar-refractivity contribution in [2.75, 3.05) is 50.5 Å². The summed E-state index contributed by atoms with van der Waals surface area (Å²) in [5.74, 6) is 1.84. The number of aromatic nitrogens is 2. The third kappa shape index (κ3) is 6.57. The summed E-state index contributed by atoms with van der Waals surface area (Å²) in [4.78, 5) is 40.3. The molecule has 1 aliphatic carbocycles. The molecule has 3 aliphatic rings. The van der Waals surface area contributed by atoms with Crippen molar-refractivity contribution in [2.24, 2.45) is 17.6 Å². The number of nitrogens with one attached hydrogen (secondary N) is 1. The van der Waals surface area contributed by atoms with Gasteiger partial charge in [0.25, 0.3) is 5.91 Å². The van der Waals surface area contributed by atoms with E-state index in [2.05, 4.69) is 51.3 Å². The summed E-state index contributed by atoms with van der Waals surface area (Å²) in [6, 6.07) is 9.31. The second kappa shape index (κ2) is 12.5. The SMILES string of the molecule is C[C@@H]1CCN(c2cnc(C(N)=O)c(Nc3ccc(C4CCN(C5CCCC5)CC4)cc3)n2)C[C@@H]1CC(=O)N(C)C. The molecule has 1 saturated carbocycles. The van der Waals surface area contributed by atoms with Gasteiger partial charge in [-0.2, -0.15) is 0 Å². The Labute approximate surface area is 238 Å². The van der Waals surface area contributed by atoms with E-state index < -0.39 is 5.91 Å². The lowest BCUT2D eigenvalue weighted by Gasteiger charge is -2.38. The summed E-state index contributed by atoms with van der Waals surface area (Å²) in [5, 5.41) is 3.30. The van der Waals surface area contributed by atoms with Crippen LogP contribution in [-0.4, -0.2) is 77.9 Å². The fourth-order valence-electron chi connectivity index (χ4n) is 6.67. The van der Waals surface area contributed by atoms with Gasteiger partial charge in [-0.1, -0.05) is 31.9 Å². The third-order valence-electron chi connectivity index (χ3n) is 9.38. The van der Waals surface area contributed by atoms with Crippen molar-refractivity contribution in [3.8, 4) is 0 Å². The number of carbonyl (C=O) groups excluding carboxylic acids is 2. The van der Waals surface area contributed by atoms with Crippen molar-refractivity contribution in [1.29, 1.82) is 0 Å². The molecule has 3 N–H and O–H groups in total. The number of primary amides is 1. The Morgan fingerprint density at radius 1 is 1.02 bits per heavy atom. The first-order valence-corrected chi connectivity index (χ1v) is 15.0. The predicted molar refractivity (Wildman–Crippen MR) is 159 cm³/mol. The van der Waals surface area contributed by atoms with Gasteiger partial charge in [-0.3, -0.25) is 9.59 Å². The van der Waals surface area contributed by atoms with Gasteiger partial charge >= 0.3 is 0 Å². The minimum Gasteiger partial charge on any atom is -0.364 e. The quantitative estimate of drug-likeness (QED) is 0.505. The number of rotatable bonds is 8. The zero-order chi connectivity index (χ0) is 28.2. The van der Waals surface area contributed by atoms with E-state index in [9.17, 15) is 9.59 Å². The van der Waals surface area contributed by atoms with Crippen LogP contribution in [0.15, 0.2) is 30.5 Å². The van der Waals surface area contributed by atoms with Gasteiger partial charge in [0.2, 0.25) is 5.91 Å². The Morgan fingerprint density at radius 3 is 2.38 bits per heavy atom. The summed E-state index contributed by atoms with van der Waals surface area (Å²) in [6.45, 7) is 6.14. The Morgan fingerprint density at radius 2 is 1.73 bits per heavy atom. The molecule has 9 nitrogen and oxygen atoms in total. The summed E-state index contributed by atoms with van der Waals surface area (Å²) in [7, 11) is 3.60. The highest BCUT2D eigenvalue weighted by atomic mass is 16.2. The molecule has 0 bridgehead atoms. The second-order valence-electron chi connectivity index (χ2n) is 12.2. The van der Waals surface area contributed by atoms with Crippen molar-refractivity contribution in [3.05, 3.63) is 41.7 Å². The number of nitrogens with two attached hydrogens (primary N) is 1. The van der Waals surface area contributed by atoms with Gasteiger partial charge in [-0.05, 0) is 80.6 Å². The van der Waals surface area contributed by atoms with Crippen molar-refractivity contribution in [1.82, 2.24) is 19.8 Å². The molecule has 9 heteroatoms. The number of hydrogen-bond acceptors (Lipinski definition) is 7. The fourth-order valence-corrected chi connectivity index (χ4v) is 6.67. The standard InChI is InChI=1S/C31H45N7O2/c1-21-12-15-38(20-24(21)18-28(39)36(2)3)27-19-33-29(30(32)40)31(35-27)34-25-10-8-22(9-11-25)23-13-16-37(17-14-23)26-6-4-5-7-26/h8-11,19,21,23-24,26H,4-7,12-18,20H2,1-3H3,(H2,32,40)(H,34,35)/t21-,24+/m1/s1. The monoisotopic (exact) mass is 547 g/mol. The molecule has 2 amide bonds. The first kappa shape index (κ1) is 28.3. The van der Waals surface area contributed by atoms with Gasteiger partial charge in [0, 0.05) is 45.3 Å². The highest BCUT2D eigenvalue weighted by molar-refractivity contribution is 5.96. The van der Waals surface area contributed by atoms with E-state index >= 15 is 0 Å². The van der Waals surface area contributed by atoms with Crippen LogP contribution in [0.25, 0.3) is 0 Å². The van der Waals surface area contributed by atoms with E-state index in [0.717, 1.165) is 31.2 Å². The summed E-state index contributed by atoms with van der Waals surface area (Å²) in [5.41, 5.74) is 8.00. The molecule has 2 saturated heterocycles. The zero-order valence-corrected chi connectivity index (χ0v) is 24.3. The number of anilines is 3. The molecule has 1 aromatic heterocycles. The second-order valence-corrected chi connectivity index (χ2v) is 12.2. The lowest BCUT2D eigenvalue weighted by atomic mass is 9.84. The lowest BCUT2D eigenvalue weighted by Crippen LogP contribution is -2.42. The van der Waals surface area contributed by atoms with Gasteiger partial charge in [0.05, 0.1) is 6.20 Å². The van der Waals surface area contributed by atoms with Gasteiger partial charge in [-0.15, -0.1) is 0 Å². The first-order valence-electron chi connectivity index (χ1n) is 15.0. The highest BCUT2D eigenvalue weighted by Crippen LogP contribution is 2.34. The smallest absolute Gasteiger partial charge is 0.271 e. The average Bonchev–Trinajstić information content (AvgIpc) is 3.50. The molecule has 40 heavy (non-hydrogen) atoms. The molecule has 0 unspecified atom stereocenters. The minimum absolute atomic E-state index is 0.122. The summed E-state index contributed by atoms with van der Waals surface area (Å²) in [6.07, 6.45) is 11.0. The molecule has 3 fully saturated rings. The molecule has 3 heterocycles. The number of nitrogens with zero attached hydrogens (tertiary/aromatic N) is 5. The van der Waals surface area contributed by atoms with E-state index in [1.54, 1.807) is 25.2 Å². The number of piperidine rings is 2. The minimum atomic E-state index is -0.617. The first-order chi connectivity index (χ1) is 19.3. The van der Waals surface area contributed by atoms with E-state index in [0.29, 0.717) is 29.9 Å². The Kier molecular flexibility index (Phi) is 8.88. The third-order valence-corrected chi connectivity index (χ3v) is 9.38. The maximum atomic E-state index is 12.4. The van der Waals surface area contributed by atoms with E-state index in [4.69, 9.17) is 10.7 Å². The van der Waals surface area contributed by atoms with Crippen LogP contribution in [0.2, 0.25) is 0 Å². The Bertz CT molecular complexity index is 1170. The molecule has 216 valence electrons. The lowest BCUT2D eigenvalue weighted by molar-refractivity contribution is -0.130. The number of carbonyl (C=O) groups is 2. The van der Waals surface area contributed by atoms with Crippen LogP contribution >= 0.6 is 0 Å². The fraction of sp³-hybridized carbons (Fsp3) is 0.613. The molecule has 1 aromatic carbocycles. The van der Waals surface area contributed by atoms with Gasteiger partial charge in [0.15, 0.2) is 11.5 Å². The van der Waals surface area contributed by atoms with E-state index in [1.165, 1.54) is 57.2 Å². The zero-order valence-electron chi connectivity index (χ0n) is 24.3. The van der Waals surface area contributed by atoms with Gasteiger partial charge in [-0.25, -0.2) is 9.97 Å². The van der Waals surface area contributed by atoms with Crippen molar-refractivity contribution in [2.45, 2.75) is 70.3 Å².